The monoisotopic (exact) mass is 215 g/mol. The molecule has 0 N–H and O–H groups in total. The molecular weight excluding hydrogens is 202 g/mol. The zero-order valence-electron chi connectivity index (χ0n) is 9.13. The topological polar surface area (TPSA) is 47.8 Å². The van der Waals surface area contributed by atoms with Crippen molar-refractivity contribution >= 4 is 5.78 Å². The van der Waals surface area contributed by atoms with Crippen LogP contribution < -0.4 is 0 Å². The van der Waals surface area contributed by atoms with Gasteiger partial charge in [0.1, 0.15) is 5.82 Å². The normalized spacial score (nSPS) is 10.3. The highest BCUT2D eigenvalue weighted by atomic mass is 16.1. The van der Waals surface area contributed by atoms with Crippen LogP contribution in [0.4, 0.5) is 0 Å². The quantitative estimate of drug-likeness (QED) is 0.728. The van der Waals surface area contributed by atoms with E-state index in [2.05, 4.69) is 9.97 Å². The maximum Gasteiger partial charge on any atom is 0.164 e. The van der Waals surface area contributed by atoms with Crippen molar-refractivity contribution in [2.24, 2.45) is 7.05 Å². The van der Waals surface area contributed by atoms with Gasteiger partial charge in [-0.05, 0) is 12.1 Å². The fourth-order valence-electron chi connectivity index (χ4n) is 1.53. The second-order valence-electron chi connectivity index (χ2n) is 3.62. The number of aryl methyl sites for hydroxylation is 2. The highest BCUT2D eigenvalue weighted by Gasteiger charge is 2.07. The van der Waals surface area contributed by atoms with Gasteiger partial charge in [-0.2, -0.15) is 0 Å². The minimum atomic E-state index is 0.108. The lowest BCUT2D eigenvalue weighted by molar-refractivity contribution is 0.0981. The van der Waals surface area contributed by atoms with Crippen molar-refractivity contribution in [2.45, 2.75) is 12.8 Å². The molecule has 0 amide bonds. The van der Waals surface area contributed by atoms with Crippen LogP contribution in [-0.4, -0.2) is 20.3 Å². The van der Waals surface area contributed by atoms with Crippen molar-refractivity contribution in [3.8, 4) is 0 Å². The van der Waals surface area contributed by atoms with E-state index in [1.54, 1.807) is 30.7 Å². The number of carbonyl (C=O) groups is 1. The van der Waals surface area contributed by atoms with E-state index in [1.165, 1.54) is 0 Å². The summed E-state index contributed by atoms with van der Waals surface area (Å²) in [7, 11) is 1.93. The van der Waals surface area contributed by atoms with E-state index in [9.17, 15) is 4.79 Å². The predicted molar refractivity (Wildman–Crippen MR) is 60.1 cm³/mol. The minimum absolute atomic E-state index is 0.108. The van der Waals surface area contributed by atoms with Gasteiger partial charge in [0, 0.05) is 50.2 Å². The molecule has 0 aromatic carbocycles. The summed E-state index contributed by atoms with van der Waals surface area (Å²) in [6.07, 6.45) is 8.01. The molecule has 4 nitrogen and oxygen atoms in total. The van der Waals surface area contributed by atoms with Gasteiger partial charge in [0.25, 0.3) is 0 Å². The summed E-state index contributed by atoms with van der Waals surface area (Å²) in [6.45, 7) is 0. The first kappa shape index (κ1) is 10.5. The standard InChI is InChI=1S/C12H13N3O/c1-15-8-7-14-12(15)5-4-11(16)10-3-2-6-13-9-10/h2-3,6-9H,4-5H2,1H3. The molecule has 0 atom stereocenters. The summed E-state index contributed by atoms with van der Waals surface area (Å²) in [5, 5.41) is 0. The number of ketones is 1. The maximum absolute atomic E-state index is 11.8. The lowest BCUT2D eigenvalue weighted by Crippen LogP contribution is -2.04. The van der Waals surface area contributed by atoms with Crippen LogP contribution in [0.3, 0.4) is 0 Å². The lowest BCUT2D eigenvalue weighted by atomic mass is 10.1. The fraction of sp³-hybridized carbons (Fsp3) is 0.250. The third-order valence-electron chi connectivity index (χ3n) is 2.48. The van der Waals surface area contributed by atoms with Gasteiger partial charge in [-0.25, -0.2) is 4.98 Å². The predicted octanol–water partition coefficient (Wildman–Crippen LogP) is 1.63. The Morgan fingerprint density at radius 1 is 1.44 bits per heavy atom. The Hall–Kier alpha value is -1.97. The summed E-state index contributed by atoms with van der Waals surface area (Å²) >= 11 is 0. The molecule has 0 saturated carbocycles. The molecule has 2 aromatic heterocycles. The smallest absolute Gasteiger partial charge is 0.164 e. The number of Topliss-reactive ketones (excluding diaryl/α,β-unsaturated/α-hetero) is 1. The first-order valence-electron chi connectivity index (χ1n) is 5.17. The molecule has 0 spiro atoms. The van der Waals surface area contributed by atoms with Gasteiger partial charge in [0.05, 0.1) is 0 Å². The molecule has 0 bridgehead atoms. The summed E-state index contributed by atoms with van der Waals surface area (Å²) in [5.74, 6) is 1.04. The number of imidazole rings is 1. The summed E-state index contributed by atoms with van der Waals surface area (Å²) in [6, 6.07) is 3.56. The number of hydrogen-bond acceptors (Lipinski definition) is 3. The van der Waals surface area contributed by atoms with Crippen LogP contribution in [0.25, 0.3) is 0 Å². The van der Waals surface area contributed by atoms with Gasteiger partial charge in [0.2, 0.25) is 0 Å². The van der Waals surface area contributed by atoms with Crippen LogP contribution in [-0.2, 0) is 13.5 Å². The highest BCUT2D eigenvalue weighted by molar-refractivity contribution is 5.95. The van der Waals surface area contributed by atoms with Crippen LogP contribution in [0.15, 0.2) is 36.9 Å². The number of nitrogens with zero attached hydrogens (tertiary/aromatic N) is 3. The Bertz CT molecular complexity index is 476. The van der Waals surface area contributed by atoms with Crippen LogP contribution in [0.5, 0.6) is 0 Å². The molecule has 0 fully saturated rings. The van der Waals surface area contributed by atoms with E-state index in [-0.39, 0.29) is 5.78 Å². The van der Waals surface area contributed by atoms with Crippen molar-refractivity contribution in [1.29, 1.82) is 0 Å². The largest absolute Gasteiger partial charge is 0.338 e. The first-order chi connectivity index (χ1) is 7.77. The number of carbonyl (C=O) groups excluding carboxylic acids is 1. The molecule has 0 aliphatic carbocycles. The molecule has 2 rings (SSSR count). The lowest BCUT2D eigenvalue weighted by Gasteiger charge is -2.01. The first-order valence-corrected chi connectivity index (χ1v) is 5.17. The van der Waals surface area contributed by atoms with Crippen molar-refractivity contribution in [3.63, 3.8) is 0 Å². The summed E-state index contributed by atoms with van der Waals surface area (Å²) < 4.78 is 1.93. The number of hydrogen-bond donors (Lipinski definition) is 0. The van der Waals surface area contributed by atoms with Gasteiger partial charge in [0.15, 0.2) is 5.78 Å². The molecule has 0 saturated heterocycles. The van der Waals surface area contributed by atoms with E-state index < -0.39 is 0 Å². The van der Waals surface area contributed by atoms with E-state index in [0.717, 1.165) is 5.82 Å². The zero-order valence-corrected chi connectivity index (χ0v) is 9.13. The van der Waals surface area contributed by atoms with Crippen molar-refractivity contribution in [3.05, 3.63) is 48.3 Å². The second kappa shape index (κ2) is 4.70. The van der Waals surface area contributed by atoms with Crippen molar-refractivity contribution in [2.75, 3.05) is 0 Å². The van der Waals surface area contributed by atoms with Crippen LogP contribution in [0, 0.1) is 0 Å². The molecule has 0 radical (unpaired) electrons. The zero-order chi connectivity index (χ0) is 11.4. The Labute approximate surface area is 94.0 Å². The average Bonchev–Trinajstić information content (AvgIpc) is 2.73. The minimum Gasteiger partial charge on any atom is -0.338 e. The molecule has 16 heavy (non-hydrogen) atoms. The van der Waals surface area contributed by atoms with Crippen LogP contribution >= 0.6 is 0 Å². The SMILES string of the molecule is Cn1ccnc1CCC(=O)c1cccnc1. The second-order valence-corrected chi connectivity index (χ2v) is 3.62. The van der Waals surface area contributed by atoms with Gasteiger partial charge >= 0.3 is 0 Å². The third-order valence-corrected chi connectivity index (χ3v) is 2.48. The third kappa shape index (κ3) is 2.34. The number of rotatable bonds is 4. The van der Waals surface area contributed by atoms with Gasteiger partial charge in [-0.1, -0.05) is 0 Å². The van der Waals surface area contributed by atoms with Crippen molar-refractivity contribution in [1.82, 2.24) is 14.5 Å². The number of pyridine rings is 1. The highest BCUT2D eigenvalue weighted by Crippen LogP contribution is 2.05. The average molecular weight is 215 g/mol. The summed E-state index contributed by atoms with van der Waals surface area (Å²) in [5.41, 5.74) is 0.664. The Kier molecular flexibility index (Phi) is 3.10. The van der Waals surface area contributed by atoms with Gasteiger partial charge in [-0.3, -0.25) is 9.78 Å². The molecule has 0 aliphatic heterocycles. The Balaban J connectivity index is 1.97. The number of aromatic nitrogens is 3. The van der Waals surface area contributed by atoms with E-state index in [1.807, 2.05) is 17.8 Å². The maximum atomic E-state index is 11.8. The molecule has 0 aliphatic rings. The van der Waals surface area contributed by atoms with E-state index >= 15 is 0 Å². The molecule has 4 heteroatoms. The van der Waals surface area contributed by atoms with Gasteiger partial charge < -0.3 is 4.57 Å². The molecule has 82 valence electrons. The Morgan fingerprint density at radius 3 is 2.94 bits per heavy atom. The van der Waals surface area contributed by atoms with Crippen LogP contribution in [0.2, 0.25) is 0 Å². The molecule has 0 unspecified atom stereocenters. The molecule has 2 aromatic rings. The van der Waals surface area contributed by atoms with Crippen LogP contribution in [0.1, 0.15) is 22.6 Å². The van der Waals surface area contributed by atoms with E-state index in [4.69, 9.17) is 0 Å². The summed E-state index contributed by atoms with van der Waals surface area (Å²) in [4.78, 5) is 19.9. The molecular formula is C12H13N3O. The van der Waals surface area contributed by atoms with Gasteiger partial charge in [-0.15, -0.1) is 0 Å². The molecule has 2 heterocycles. The van der Waals surface area contributed by atoms with E-state index in [0.29, 0.717) is 18.4 Å². The fourth-order valence-corrected chi connectivity index (χ4v) is 1.53. The Morgan fingerprint density at radius 2 is 2.31 bits per heavy atom. The van der Waals surface area contributed by atoms with Crippen molar-refractivity contribution < 1.29 is 4.79 Å².